The van der Waals surface area contributed by atoms with Crippen molar-refractivity contribution in [1.29, 1.82) is 0 Å². The number of nitrogens with zero attached hydrogens (tertiary/aromatic N) is 2. The Labute approximate surface area is 165 Å². The number of carbonyl (C=O) groups is 1. The Bertz CT molecular complexity index is 895. The van der Waals surface area contributed by atoms with Crippen molar-refractivity contribution >= 4 is 15.9 Å². The fraction of sp³-hybridized carbons (Fsp3) is 0.400. The van der Waals surface area contributed by atoms with Crippen molar-refractivity contribution < 1.29 is 17.9 Å². The summed E-state index contributed by atoms with van der Waals surface area (Å²) in [6.45, 7) is 3.34. The third-order valence-corrected chi connectivity index (χ3v) is 6.68. The number of rotatable bonds is 7. The number of pyridine rings is 1. The van der Waals surface area contributed by atoms with E-state index in [0.717, 1.165) is 5.56 Å². The molecule has 1 aliphatic rings. The fourth-order valence-electron chi connectivity index (χ4n) is 3.17. The molecule has 7 nitrogen and oxygen atoms in total. The molecule has 0 saturated carbocycles. The van der Waals surface area contributed by atoms with Crippen LogP contribution in [0.5, 0.6) is 5.75 Å². The number of piperidine rings is 1. The van der Waals surface area contributed by atoms with Crippen LogP contribution >= 0.6 is 0 Å². The minimum absolute atomic E-state index is 0.0301. The second-order valence-corrected chi connectivity index (χ2v) is 8.88. The van der Waals surface area contributed by atoms with E-state index in [1.54, 1.807) is 18.3 Å². The summed E-state index contributed by atoms with van der Waals surface area (Å²) in [6, 6.07) is 10.7. The average Bonchev–Trinajstić information content (AvgIpc) is 2.72. The smallest absolute Gasteiger partial charge is 0.257 e. The summed E-state index contributed by atoms with van der Waals surface area (Å²) in [5.74, 6) is 0.749. The molecule has 0 unspecified atom stereocenters. The quantitative estimate of drug-likeness (QED) is 0.764. The second-order valence-electron chi connectivity index (χ2n) is 6.95. The Balaban J connectivity index is 1.41. The number of carbonyl (C=O) groups excluding carboxylic acids is 1. The first kappa shape index (κ1) is 20.3. The molecule has 150 valence electrons. The lowest BCUT2D eigenvalue weighted by atomic mass is 9.98. The lowest BCUT2D eigenvalue weighted by Gasteiger charge is -2.31. The van der Waals surface area contributed by atoms with Crippen molar-refractivity contribution in [2.75, 3.05) is 26.2 Å². The molecule has 2 heterocycles. The van der Waals surface area contributed by atoms with Crippen molar-refractivity contribution in [1.82, 2.24) is 14.6 Å². The first-order chi connectivity index (χ1) is 13.4. The van der Waals surface area contributed by atoms with E-state index in [1.165, 1.54) is 10.5 Å². The Hall–Kier alpha value is -2.45. The van der Waals surface area contributed by atoms with Gasteiger partial charge in [0.25, 0.3) is 5.91 Å². The third-order valence-electron chi connectivity index (χ3n) is 4.79. The zero-order valence-electron chi connectivity index (χ0n) is 15.9. The van der Waals surface area contributed by atoms with E-state index in [1.807, 2.05) is 31.2 Å². The first-order valence-corrected chi connectivity index (χ1v) is 10.8. The highest BCUT2D eigenvalue weighted by Gasteiger charge is 2.29. The van der Waals surface area contributed by atoms with E-state index < -0.39 is 10.0 Å². The minimum Gasteiger partial charge on any atom is -0.484 e. The molecule has 0 atom stereocenters. The molecule has 1 N–H and O–H groups in total. The summed E-state index contributed by atoms with van der Waals surface area (Å²) >= 11 is 0. The SMILES string of the molecule is Cc1cccc(OCC(=O)NCC2CCN(S(=O)(=O)c3cccnc3)CC2)c1. The van der Waals surface area contributed by atoms with Crippen LogP contribution in [0.15, 0.2) is 53.7 Å². The van der Waals surface area contributed by atoms with Gasteiger partial charge in [-0.1, -0.05) is 12.1 Å². The Morgan fingerprint density at radius 3 is 2.71 bits per heavy atom. The molecule has 0 aliphatic carbocycles. The summed E-state index contributed by atoms with van der Waals surface area (Å²) in [6.07, 6.45) is 4.34. The van der Waals surface area contributed by atoms with Crippen LogP contribution in [0.25, 0.3) is 0 Å². The maximum Gasteiger partial charge on any atom is 0.257 e. The Morgan fingerprint density at radius 2 is 2.04 bits per heavy atom. The minimum atomic E-state index is -3.50. The molecule has 1 aromatic carbocycles. The van der Waals surface area contributed by atoms with Gasteiger partial charge in [0.1, 0.15) is 10.6 Å². The van der Waals surface area contributed by atoms with Gasteiger partial charge in [0, 0.05) is 32.0 Å². The van der Waals surface area contributed by atoms with E-state index in [9.17, 15) is 13.2 Å². The van der Waals surface area contributed by atoms with Crippen LogP contribution < -0.4 is 10.1 Å². The number of nitrogens with one attached hydrogen (secondary N) is 1. The molecule has 0 bridgehead atoms. The topological polar surface area (TPSA) is 88.6 Å². The number of ether oxygens (including phenoxy) is 1. The Morgan fingerprint density at radius 1 is 1.25 bits per heavy atom. The summed E-state index contributed by atoms with van der Waals surface area (Å²) in [4.78, 5) is 16.1. The molecule has 3 rings (SSSR count). The van der Waals surface area contributed by atoms with Gasteiger partial charge in [-0.25, -0.2) is 8.42 Å². The number of amides is 1. The largest absolute Gasteiger partial charge is 0.484 e. The predicted octanol–water partition coefficient (Wildman–Crippen LogP) is 1.99. The normalized spacial score (nSPS) is 15.9. The second kappa shape index (κ2) is 9.16. The highest BCUT2D eigenvalue weighted by atomic mass is 32.2. The highest BCUT2D eigenvalue weighted by molar-refractivity contribution is 7.89. The molecule has 1 amide bonds. The van der Waals surface area contributed by atoms with Gasteiger partial charge in [0.2, 0.25) is 10.0 Å². The van der Waals surface area contributed by atoms with E-state index in [0.29, 0.717) is 38.2 Å². The van der Waals surface area contributed by atoms with Gasteiger partial charge >= 0.3 is 0 Å². The van der Waals surface area contributed by atoms with Crippen LogP contribution in [-0.2, 0) is 14.8 Å². The average molecular weight is 404 g/mol. The number of aromatic nitrogens is 1. The van der Waals surface area contributed by atoms with Crippen molar-refractivity contribution in [3.63, 3.8) is 0 Å². The highest BCUT2D eigenvalue weighted by Crippen LogP contribution is 2.23. The zero-order valence-corrected chi connectivity index (χ0v) is 16.7. The van der Waals surface area contributed by atoms with Crippen molar-refractivity contribution in [3.05, 3.63) is 54.4 Å². The standard InChI is InChI=1S/C20H25N3O4S/c1-16-4-2-5-18(12-16)27-15-20(24)22-13-17-7-10-23(11-8-17)28(25,26)19-6-3-9-21-14-19/h2-6,9,12,14,17H,7-8,10-11,13,15H2,1H3,(H,22,24). The Kier molecular flexibility index (Phi) is 6.64. The number of hydrogen-bond donors (Lipinski definition) is 1. The van der Waals surface area contributed by atoms with E-state index in [4.69, 9.17) is 4.74 Å². The molecule has 0 radical (unpaired) electrons. The van der Waals surface area contributed by atoms with Crippen LogP contribution in [0.4, 0.5) is 0 Å². The summed E-state index contributed by atoms with van der Waals surface area (Å²) < 4.78 is 32.2. The number of benzene rings is 1. The van der Waals surface area contributed by atoms with E-state index >= 15 is 0 Å². The van der Waals surface area contributed by atoms with E-state index in [-0.39, 0.29) is 23.3 Å². The van der Waals surface area contributed by atoms with Crippen molar-refractivity contribution in [3.8, 4) is 5.75 Å². The lowest BCUT2D eigenvalue weighted by molar-refractivity contribution is -0.123. The molecular formula is C20H25N3O4S. The number of sulfonamides is 1. The molecule has 0 spiro atoms. The summed E-state index contributed by atoms with van der Waals surface area (Å²) in [5, 5.41) is 2.88. The number of hydrogen-bond acceptors (Lipinski definition) is 5. The van der Waals surface area contributed by atoms with Gasteiger partial charge in [0.15, 0.2) is 6.61 Å². The molecule has 2 aromatic rings. The van der Waals surface area contributed by atoms with E-state index in [2.05, 4.69) is 10.3 Å². The van der Waals surface area contributed by atoms with Crippen LogP contribution in [0, 0.1) is 12.8 Å². The molecule has 1 fully saturated rings. The number of aryl methyl sites for hydroxylation is 1. The maximum atomic E-state index is 12.6. The molecule has 1 aliphatic heterocycles. The van der Waals surface area contributed by atoms with Gasteiger partial charge in [-0.15, -0.1) is 0 Å². The third kappa shape index (κ3) is 5.30. The molecule has 1 aromatic heterocycles. The van der Waals surface area contributed by atoms with Gasteiger partial charge in [-0.05, 0) is 55.5 Å². The van der Waals surface area contributed by atoms with Gasteiger partial charge in [-0.3, -0.25) is 9.78 Å². The zero-order chi connectivity index (χ0) is 20.0. The van der Waals surface area contributed by atoms with Gasteiger partial charge in [-0.2, -0.15) is 4.31 Å². The van der Waals surface area contributed by atoms with Crippen LogP contribution in [0.3, 0.4) is 0 Å². The van der Waals surface area contributed by atoms with Crippen LogP contribution in [-0.4, -0.2) is 49.9 Å². The molecule has 8 heteroatoms. The molecular weight excluding hydrogens is 378 g/mol. The van der Waals surface area contributed by atoms with Gasteiger partial charge < -0.3 is 10.1 Å². The van der Waals surface area contributed by atoms with Gasteiger partial charge in [0.05, 0.1) is 0 Å². The lowest BCUT2D eigenvalue weighted by Crippen LogP contribution is -2.42. The maximum absolute atomic E-state index is 12.6. The molecule has 28 heavy (non-hydrogen) atoms. The summed E-state index contributed by atoms with van der Waals surface area (Å²) in [5.41, 5.74) is 1.07. The molecule has 1 saturated heterocycles. The van der Waals surface area contributed by atoms with Crippen molar-refractivity contribution in [2.24, 2.45) is 5.92 Å². The van der Waals surface area contributed by atoms with Crippen LogP contribution in [0.2, 0.25) is 0 Å². The fourth-order valence-corrected chi connectivity index (χ4v) is 4.60. The monoisotopic (exact) mass is 403 g/mol. The summed E-state index contributed by atoms with van der Waals surface area (Å²) in [7, 11) is -3.50. The predicted molar refractivity (Wildman–Crippen MR) is 105 cm³/mol. The first-order valence-electron chi connectivity index (χ1n) is 9.31. The van der Waals surface area contributed by atoms with Crippen LogP contribution in [0.1, 0.15) is 18.4 Å². The van der Waals surface area contributed by atoms with Crippen molar-refractivity contribution in [2.45, 2.75) is 24.7 Å².